The van der Waals surface area contributed by atoms with Gasteiger partial charge in [0.25, 0.3) is 0 Å². The zero-order valence-corrected chi connectivity index (χ0v) is 10.5. The lowest BCUT2D eigenvalue weighted by Gasteiger charge is -2.25. The van der Waals surface area contributed by atoms with Crippen molar-refractivity contribution >= 4 is 11.9 Å². The molecule has 0 fully saturated rings. The molecular formula is C11H17N3O3. The number of hydrogen-bond acceptors (Lipinski definition) is 5. The number of carboxylic acids is 1. The number of nitrogens with zero attached hydrogens (tertiary/aromatic N) is 3. The van der Waals surface area contributed by atoms with Crippen LogP contribution in [0.15, 0.2) is 6.07 Å². The van der Waals surface area contributed by atoms with E-state index in [4.69, 9.17) is 9.84 Å². The molecule has 17 heavy (non-hydrogen) atoms. The highest BCUT2D eigenvalue weighted by Crippen LogP contribution is 2.16. The maximum absolute atomic E-state index is 10.8. The molecule has 1 N–H and O–H groups in total. The van der Waals surface area contributed by atoms with Crippen LogP contribution < -0.4 is 9.64 Å². The summed E-state index contributed by atoms with van der Waals surface area (Å²) in [6.07, 6.45) is 0. The molecule has 1 rings (SSSR count). The number of carbonyl (C=O) groups is 1. The summed E-state index contributed by atoms with van der Waals surface area (Å²) in [5, 5.41) is 8.86. The Hall–Kier alpha value is -1.85. The number of ether oxygens (including phenoxy) is 1. The van der Waals surface area contributed by atoms with Crippen molar-refractivity contribution in [2.45, 2.75) is 26.8 Å². The van der Waals surface area contributed by atoms with Gasteiger partial charge in [0.1, 0.15) is 6.54 Å². The van der Waals surface area contributed by atoms with E-state index in [1.165, 1.54) is 7.11 Å². The number of aliphatic carboxylic acids is 1. The molecule has 1 aromatic rings. The van der Waals surface area contributed by atoms with Crippen LogP contribution in [0.2, 0.25) is 0 Å². The molecule has 0 unspecified atom stereocenters. The van der Waals surface area contributed by atoms with Gasteiger partial charge in [-0.15, -0.1) is 0 Å². The molecule has 0 aliphatic heterocycles. The van der Waals surface area contributed by atoms with E-state index in [2.05, 4.69) is 9.97 Å². The van der Waals surface area contributed by atoms with Gasteiger partial charge in [-0.2, -0.15) is 4.98 Å². The van der Waals surface area contributed by atoms with E-state index in [9.17, 15) is 4.79 Å². The minimum atomic E-state index is -0.914. The first-order valence-corrected chi connectivity index (χ1v) is 5.32. The molecule has 0 amide bonds. The molecule has 0 saturated heterocycles. The van der Waals surface area contributed by atoms with Gasteiger partial charge in [-0.05, 0) is 20.8 Å². The lowest BCUT2D eigenvalue weighted by molar-refractivity contribution is -0.135. The van der Waals surface area contributed by atoms with Crippen LogP contribution in [0.3, 0.4) is 0 Å². The molecule has 0 saturated carbocycles. The van der Waals surface area contributed by atoms with E-state index in [-0.39, 0.29) is 12.6 Å². The van der Waals surface area contributed by atoms with Crippen molar-refractivity contribution in [1.29, 1.82) is 0 Å². The van der Waals surface area contributed by atoms with E-state index in [0.717, 1.165) is 5.69 Å². The minimum Gasteiger partial charge on any atom is -0.481 e. The van der Waals surface area contributed by atoms with Crippen molar-refractivity contribution in [3.05, 3.63) is 11.8 Å². The fourth-order valence-electron chi connectivity index (χ4n) is 1.39. The molecule has 94 valence electrons. The lowest BCUT2D eigenvalue weighted by Crippen LogP contribution is -2.37. The Morgan fingerprint density at radius 3 is 2.65 bits per heavy atom. The summed E-state index contributed by atoms with van der Waals surface area (Å²) >= 11 is 0. The average molecular weight is 239 g/mol. The van der Waals surface area contributed by atoms with Gasteiger partial charge in [-0.3, -0.25) is 4.79 Å². The fraction of sp³-hybridized carbons (Fsp3) is 0.545. The number of carboxylic acid groups (broad SMARTS) is 1. The number of anilines is 1. The van der Waals surface area contributed by atoms with Crippen molar-refractivity contribution in [2.24, 2.45) is 0 Å². The van der Waals surface area contributed by atoms with E-state index in [1.54, 1.807) is 11.0 Å². The molecule has 0 atom stereocenters. The summed E-state index contributed by atoms with van der Waals surface area (Å²) in [4.78, 5) is 20.8. The maximum Gasteiger partial charge on any atom is 0.323 e. The van der Waals surface area contributed by atoms with E-state index < -0.39 is 5.97 Å². The quantitative estimate of drug-likeness (QED) is 0.829. The molecule has 6 heteroatoms. The van der Waals surface area contributed by atoms with Crippen LogP contribution in [-0.4, -0.2) is 40.7 Å². The summed E-state index contributed by atoms with van der Waals surface area (Å²) in [5.74, 6) is -0.106. The van der Waals surface area contributed by atoms with Gasteiger partial charge in [0.15, 0.2) is 0 Å². The Morgan fingerprint density at radius 2 is 2.18 bits per heavy atom. The zero-order chi connectivity index (χ0) is 13.0. The Labute approximate surface area is 100 Å². The van der Waals surface area contributed by atoms with Gasteiger partial charge < -0.3 is 14.7 Å². The monoisotopic (exact) mass is 239 g/mol. The summed E-state index contributed by atoms with van der Waals surface area (Å²) < 4.78 is 5.05. The predicted molar refractivity (Wildman–Crippen MR) is 63.4 cm³/mol. The van der Waals surface area contributed by atoms with Gasteiger partial charge in [-0.1, -0.05) is 0 Å². The predicted octanol–water partition coefficient (Wildman–Crippen LogP) is 1.09. The van der Waals surface area contributed by atoms with Gasteiger partial charge in [-0.25, -0.2) is 4.98 Å². The number of aromatic nitrogens is 2. The van der Waals surface area contributed by atoms with Gasteiger partial charge >= 0.3 is 5.97 Å². The van der Waals surface area contributed by atoms with Crippen LogP contribution in [0, 0.1) is 6.92 Å². The second-order valence-electron chi connectivity index (χ2n) is 3.97. The average Bonchev–Trinajstić information content (AvgIpc) is 2.24. The van der Waals surface area contributed by atoms with Crippen molar-refractivity contribution in [3.8, 4) is 5.88 Å². The second kappa shape index (κ2) is 5.47. The molecule has 1 heterocycles. The molecule has 0 aliphatic carbocycles. The minimum absolute atomic E-state index is 0.00222. The summed E-state index contributed by atoms with van der Waals surface area (Å²) in [5.41, 5.74) is 0.739. The first-order chi connectivity index (χ1) is 7.93. The highest BCUT2D eigenvalue weighted by Gasteiger charge is 2.17. The topological polar surface area (TPSA) is 75.5 Å². The maximum atomic E-state index is 10.8. The van der Waals surface area contributed by atoms with Crippen molar-refractivity contribution in [1.82, 2.24) is 9.97 Å². The number of hydrogen-bond donors (Lipinski definition) is 1. The van der Waals surface area contributed by atoms with Crippen molar-refractivity contribution in [3.63, 3.8) is 0 Å². The highest BCUT2D eigenvalue weighted by atomic mass is 16.5. The third-order valence-electron chi connectivity index (χ3n) is 2.21. The number of aryl methyl sites for hydroxylation is 1. The van der Waals surface area contributed by atoms with Crippen LogP contribution in [0.25, 0.3) is 0 Å². The largest absolute Gasteiger partial charge is 0.481 e. The molecule has 0 bridgehead atoms. The fourth-order valence-corrected chi connectivity index (χ4v) is 1.39. The van der Waals surface area contributed by atoms with Crippen molar-refractivity contribution in [2.75, 3.05) is 18.6 Å². The van der Waals surface area contributed by atoms with Crippen LogP contribution in [0.5, 0.6) is 5.88 Å². The number of methoxy groups -OCH3 is 1. The van der Waals surface area contributed by atoms with E-state index in [0.29, 0.717) is 11.8 Å². The molecule has 6 nitrogen and oxygen atoms in total. The number of rotatable bonds is 5. The molecule has 0 radical (unpaired) electrons. The zero-order valence-electron chi connectivity index (χ0n) is 10.5. The van der Waals surface area contributed by atoms with Gasteiger partial charge in [0.2, 0.25) is 11.8 Å². The Kier molecular flexibility index (Phi) is 4.25. The van der Waals surface area contributed by atoms with Crippen molar-refractivity contribution < 1.29 is 14.6 Å². The molecule has 0 spiro atoms. The van der Waals surface area contributed by atoms with Gasteiger partial charge in [0, 0.05) is 17.8 Å². The molecule has 1 aromatic heterocycles. The first kappa shape index (κ1) is 13.2. The second-order valence-corrected chi connectivity index (χ2v) is 3.97. The lowest BCUT2D eigenvalue weighted by atomic mass is 10.3. The summed E-state index contributed by atoms with van der Waals surface area (Å²) in [6.45, 7) is 5.46. The molecule has 0 aromatic carbocycles. The standard InChI is InChI=1S/C11H17N3O3/c1-7(2)14(6-10(15)16)11-12-8(3)5-9(13-11)17-4/h5,7H,6H2,1-4H3,(H,15,16). The van der Waals surface area contributed by atoms with E-state index in [1.807, 2.05) is 20.8 Å². The van der Waals surface area contributed by atoms with E-state index >= 15 is 0 Å². The van der Waals surface area contributed by atoms with Crippen LogP contribution in [0.1, 0.15) is 19.5 Å². The Balaban J connectivity index is 3.08. The summed E-state index contributed by atoms with van der Waals surface area (Å²) in [7, 11) is 1.52. The molecule has 0 aliphatic rings. The first-order valence-electron chi connectivity index (χ1n) is 5.32. The van der Waals surface area contributed by atoms with Gasteiger partial charge in [0.05, 0.1) is 7.11 Å². The van der Waals surface area contributed by atoms with Crippen LogP contribution in [-0.2, 0) is 4.79 Å². The SMILES string of the molecule is COc1cc(C)nc(N(CC(=O)O)C(C)C)n1. The normalized spacial score (nSPS) is 10.4. The summed E-state index contributed by atoms with van der Waals surface area (Å²) in [6, 6.07) is 1.69. The third kappa shape index (κ3) is 3.58. The smallest absolute Gasteiger partial charge is 0.323 e. The highest BCUT2D eigenvalue weighted by molar-refractivity contribution is 5.72. The van der Waals surface area contributed by atoms with Crippen LogP contribution in [0.4, 0.5) is 5.95 Å². The Morgan fingerprint density at radius 1 is 1.53 bits per heavy atom. The Bertz CT molecular complexity index is 407. The third-order valence-corrected chi connectivity index (χ3v) is 2.21. The van der Waals surface area contributed by atoms with Crippen LogP contribution >= 0.6 is 0 Å². The molecular weight excluding hydrogens is 222 g/mol.